The third kappa shape index (κ3) is 4.56. The molecular weight excluding hydrogens is 318 g/mol. The van der Waals surface area contributed by atoms with Crippen LogP contribution in [0.1, 0.15) is 88.0 Å². The molecule has 1 saturated heterocycles. The summed E-state index contributed by atoms with van der Waals surface area (Å²) in [5, 5.41) is 0.207. The molecule has 4 heteroatoms. The molecule has 3 nitrogen and oxygen atoms in total. The average Bonchev–Trinajstić information content (AvgIpc) is 2.70. The summed E-state index contributed by atoms with van der Waals surface area (Å²) in [4.78, 5) is 26.5. The second-order valence-electron chi connectivity index (χ2n) is 9.47. The van der Waals surface area contributed by atoms with Crippen LogP contribution in [0, 0.1) is 10.8 Å². The molecule has 0 N–H and O–H groups in total. The van der Waals surface area contributed by atoms with Crippen molar-refractivity contribution in [1.82, 2.24) is 4.90 Å². The first-order chi connectivity index (χ1) is 10.8. The van der Waals surface area contributed by atoms with E-state index in [1.165, 1.54) is 4.90 Å². The molecule has 2 amide bonds. The molecule has 3 atom stereocenters. The molecule has 1 fully saturated rings. The molecule has 1 heterocycles. The molecule has 24 heavy (non-hydrogen) atoms. The van der Waals surface area contributed by atoms with E-state index in [-0.39, 0.29) is 27.9 Å². The molecule has 1 aliphatic heterocycles. The zero-order valence-corrected chi connectivity index (χ0v) is 18.0. The zero-order chi connectivity index (χ0) is 18.9. The van der Waals surface area contributed by atoms with Crippen molar-refractivity contribution in [2.45, 2.75) is 104 Å². The van der Waals surface area contributed by atoms with E-state index in [0.29, 0.717) is 11.7 Å². The molecule has 0 saturated carbocycles. The summed E-state index contributed by atoms with van der Waals surface area (Å²) < 4.78 is 0. The molecule has 140 valence electrons. The van der Waals surface area contributed by atoms with Crippen molar-refractivity contribution in [3.05, 3.63) is 0 Å². The first kappa shape index (κ1) is 21.5. The van der Waals surface area contributed by atoms with Crippen molar-refractivity contribution in [3.63, 3.8) is 0 Å². The highest BCUT2D eigenvalue weighted by molar-refractivity contribution is 8.01. The van der Waals surface area contributed by atoms with Crippen LogP contribution in [-0.4, -0.2) is 32.8 Å². The molecule has 0 aromatic rings. The molecule has 0 aromatic carbocycles. The summed E-state index contributed by atoms with van der Waals surface area (Å²) in [6.07, 6.45) is 3.60. The van der Waals surface area contributed by atoms with Crippen LogP contribution >= 0.6 is 11.8 Å². The number of carbonyl (C=O) groups excluding carboxylic acids is 2. The van der Waals surface area contributed by atoms with Gasteiger partial charge in [0.25, 0.3) is 0 Å². The number of hydrogen-bond donors (Lipinski definition) is 0. The van der Waals surface area contributed by atoms with E-state index in [1.807, 2.05) is 20.8 Å². The lowest BCUT2D eigenvalue weighted by Crippen LogP contribution is -2.46. The zero-order valence-electron chi connectivity index (χ0n) is 17.2. The Morgan fingerprint density at radius 3 is 1.96 bits per heavy atom. The van der Waals surface area contributed by atoms with Crippen LogP contribution < -0.4 is 0 Å². The third-order valence-electron chi connectivity index (χ3n) is 5.86. The van der Waals surface area contributed by atoms with Gasteiger partial charge in [-0.2, -0.15) is 0 Å². The third-order valence-corrected chi connectivity index (χ3v) is 7.44. The summed E-state index contributed by atoms with van der Waals surface area (Å²) in [5.74, 6) is -0.0150. The molecular formula is C20H37NO2S. The predicted octanol–water partition coefficient (Wildman–Crippen LogP) is 5.28. The molecule has 0 aromatic heterocycles. The van der Waals surface area contributed by atoms with Crippen LogP contribution in [0.2, 0.25) is 0 Å². The van der Waals surface area contributed by atoms with Crippen LogP contribution in [-0.2, 0) is 9.59 Å². The van der Waals surface area contributed by atoms with E-state index in [9.17, 15) is 9.59 Å². The lowest BCUT2D eigenvalue weighted by Gasteiger charge is -2.44. The van der Waals surface area contributed by atoms with Crippen molar-refractivity contribution in [3.8, 4) is 0 Å². The number of rotatable bonds is 6. The maximum absolute atomic E-state index is 12.7. The van der Waals surface area contributed by atoms with Gasteiger partial charge in [-0.15, -0.1) is 11.8 Å². The van der Waals surface area contributed by atoms with Gasteiger partial charge in [0, 0.05) is 17.2 Å². The SMILES string of the molecule is CCC(CC(C)(CC)C(C)(C)C)SC1CC(=O)N(C(C)(C)C)C1=O. The van der Waals surface area contributed by atoms with Gasteiger partial charge in [0.2, 0.25) is 11.8 Å². The minimum absolute atomic E-state index is 0.00455. The number of imide groups is 1. The largest absolute Gasteiger partial charge is 0.276 e. The van der Waals surface area contributed by atoms with Crippen molar-refractivity contribution >= 4 is 23.6 Å². The topological polar surface area (TPSA) is 37.4 Å². The lowest BCUT2D eigenvalue weighted by atomic mass is 9.64. The van der Waals surface area contributed by atoms with E-state index < -0.39 is 5.54 Å². The minimum Gasteiger partial charge on any atom is -0.276 e. The van der Waals surface area contributed by atoms with Crippen LogP contribution in [0.15, 0.2) is 0 Å². The molecule has 1 aliphatic rings. The van der Waals surface area contributed by atoms with Gasteiger partial charge in [-0.1, -0.05) is 48.0 Å². The molecule has 0 spiro atoms. The van der Waals surface area contributed by atoms with Crippen LogP contribution in [0.4, 0.5) is 0 Å². The van der Waals surface area contributed by atoms with E-state index >= 15 is 0 Å². The smallest absolute Gasteiger partial charge is 0.243 e. The second kappa shape index (κ2) is 7.39. The summed E-state index contributed by atoms with van der Waals surface area (Å²) in [5.41, 5.74) is 0.0350. The van der Waals surface area contributed by atoms with Gasteiger partial charge in [-0.25, -0.2) is 0 Å². The number of thioether (sulfide) groups is 1. The van der Waals surface area contributed by atoms with Gasteiger partial charge in [0.05, 0.1) is 5.25 Å². The predicted molar refractivity (Wildman–Crippen MR) is 104 cm³/mol. The molecule has 3 unspecified atom stereocenters. The van der Waals surface area contributed by atoms with Gasteiger partial charge in [-0.05, 0) is 44.4 Å². The fraction of sp³-hybridized carbons (Fsp3) is 0.900. The van der Waals surface area contributed by atoms with Crippen LogP contribution in [0.5, 0.6) is 0 Å². The highest BCUT2D eigenvalue weighted by atomic mass is 32.2. The van der Waals surface area contributed by atoms with Gasteiger partial charge in [0.15, 0.2) is 0 Å². The van der Waals surface area contributed by atoms with Crippen molar-refractivity contribution in [2.75, 3.05) is 0 Å². The second-order valence-corrected chi connectivity index (χ2v) is 11.0. The van der Waals surface area contributed by atoms with E-state index in [1.54, 1.807) is 11.8 Å². The van der Waals surface area contributed by atoms with Gasteiger partial charge >= 0.3 is 0 Å². The van der Waals surface area contributed by atoms with Crippen LogP contribution in [0.25, 0.3) is 0 Å². The Morgan fingerprint density at radius 2 is 1.62 bits per heavy atom. The van der Waals surface area contributed by atoms with Gasteiger partial charge < -0.3 is 0 Å². The van der Waals surface area contributed by atoms with E-state index in [4.69, 9.17) is 0 Å². The summed E-state index contributed by atoms with van der Waals surface area (Å²) in [6, 6.07) is 0. The summed E-state index contributed by atoms with van der Waals surface area (Å²) >= 11 is 1.73. The highest BCUT2D eigenvalue weighted by Gasteiger charge is 2.46. The maximum Gasteiger partial charge on any atom is 0.243 e. The van der Waals surface area contributed by atoms with E-state index in [2.05, 4.69) is 41.5 Å². The highest BCUT2D eigenvalue weighted by Crippen LogP contribution is 2.48. The Hall–Kier alpha value is -0.510. The standard InChI is InChI=1S/C20H37NO2S/c1-10-14(13-20(9,11-2)18(3,4)5)24-15-12-16(22)21(17(15)23)19(6,7)8/h14-15H,10-13H2,1-9H3. The molecule has 1 rings (SSSR count). The minimum atomic E-state index is -0.422. The maximum atomic E-state index is 12.7. The summed E-state index contributed by atoms with van der Waals surface area (Å²) in [7, 11) is 0. The number of amides is 2. The quantitative estimate of drug-likeness (QED) is 0.609. The van der Waals surface area contributed by atoms with Crippen molar-refractivity contribution < 1.29 is 9.59 Å². The number of nitrogens with zero attached hydrogens (tertiary/aromatic N) is 1. The Morgan fingerprint density at radius 1 is 1.08 bits per heavy atom. The summed E-state index contributed by atoms with van der Waals surface area (Å²) in [6.45, 7) is 19.5. The number of carbonyl (C=O) groups is 2. The first-order valence-electron chi connectivity index (χ1n) is 9.29. The van der Waals surface area contributed by atoms with Gasteiger partial charge in [-0.3, -0.25) is 14.5 Å². The average molecular weight is 356 g/mol. The number of likely N-dealkylation sites (tertiary alicyclic amines) is 1. The molecule has 0 aliphatic carbocycles. The van der Waals surface area contributed by atoms with Gasteiger partial charge in [0.1, 0.15) is 0 Å². The first-order valence-corrected chi connectivity index (χ1v) is 10.2. The van der Waals surface area contributed by atoms with Crippen molar-refractivity contribution in [2.24, 2.45) is 10.8 Å². The normalized spacial score (nSPS) is 23.5. The Balaban J connectivity index is 2.87. The van der Waals surface area contributed by atoms with E-state index in [0.717, 1.165) is 19.3 Å². The lowest BCUT2D eigenvalue weighted by molar-refractivity contribution is -0.143. The Labute approximate surface area is 153 Å². The Bertz CT molecular complexity index is 475. The molecule has 0 bridgehead atoms. The van der Waals surface area contributed by atoms with Crippen molar-refractivity contribution in [1.29, 1.82) is 0 Å². The Kier molecular flexibility index (Phi) is 6.63. The fourth-order valence-corrected chi connectivity index (χ4v) is 5.00. The van der Waals surface area contributed by atoms with Crippen LogP contribution in [0.3, 0.4) is 0 Å². The monoisotopic (exact) mass is 355 g/mol. The fourth-order valence-electron chi connectivity index (χ4n) is 3.42. The molecule has 0 radical (unpaired) electrons. The number of hydrogen-bond acceptors (Lipinski definition) is 3.